The minimum Gasteiger partial charge on any atom is -0.467 e. The van der Waals surface area contributed by atoms with Crippen LogP contribution >= 0.6 is 0 Å². The Hall–Kier alpha value is -4.00. The van der Waals surface area contributed by atoms with Gasteiger partial charge >= 0.3 is 5.97 Å². The molecule has 3 heterocycles. The maximum atomic E-state index is 15.0. The number of anilines is 3. The van der Waals surface area contributed by atoms with E-state index in [1.54, 1.807) is 43.3 Å². The smallest absolute Gasteiger partial charge is 0.328 e. The molecule has 0 spiro atoms. The number of amides is 1. The summed E-state index contributed by atoms with van der Waals surface area (Å²) >= 11 is 0. The highest BCUT2D eigenvalue weighted by molar-refractivity contribution is 7.74. The number of hydrogen-bond donors (Lipinski definition) is 2. The number of methoxy groups -OCH3 is 1. The third-order valence-electron chi connectivity index (χ3n) is 6.36. The summed E-state index contributed by atoms with van der Waals surface area (Å²) in [4.78, 5) is 37.4. The van der Waals surface area contributed by atoms with Gasteiger partial charge in [-0.25, -0.2) is 27.6 Å². The van der Waals surface area contributed by atoms with Gasteiger partial charge in [-0.1, -0.05) is 0 Å². The highest BCUT2D eigenvalue weighted by atomic mass is 32.2. The van der Waals surface area contributed by atoms with Gasteiger partial charge in [0.15, 0.2) is 0 Å². The van der Waals surface area contributed by atoms with Crippen molar-refractivity contribution in [2.45, 2.75) is 24.9 Å². The number of nitrogens with two attached hydrogens (primary N) is 1. The highest BCUT2D eigenvalue weighted by Crippen LogP contribution is 2.29. The molecule has 196 valence electrons. The fourth-order valence-electron chi connectivity index (χ4n) is 4.47. The minimum atomic E-state index is -3.20. The van der Waals surface area contributed by atoms with E-state index in [2.05, 4.69) is 9.97 Å². The number of pyridine rings is 2. The van der Waals surface area contributed by atoms with Crippen LogP contribution in [0.3, 0.4) is 0 Å². The number of rotatable bonds is 8. The second kappa shape index (κ2) is 10.5. The lowest BCUT2D eigenvalue weighted by Crippen LogP contribution is -2.48. The maximum absolute atomic E-state index is 15.0. The Morgan fingerprint density at radius 3 is 2.65 bits per heavy atom. The molecule has 1 aromatic carbocycles. The molecule has 1 aliphatic heterocycles. The molecule has 1 aliphatic rings. The van der Waals surface area contributed by atoms with E-state index in [0.717, 1.165) is 4.31 Å². The number of likely N-dealkylation sites (tertiary alicyclic amines) is 1. The van der Waals surface area contributed by atoms with Gasteiger partial charge in [-0.3, -0.25) is 9.10 Å². The standard InChI is InChI=1S/C24H27FN6O5S/c1-29(2)21-5-4-16(13-28-21)31(37(34)35)19-7-9-30(23(19)32)20(24(33)36-3)11-15-10-14-6-8-27-22(26)17(14)12-18(15)25/h4-6,8,10,12-13,19-20,37H,7,9,11H2,1-3H3,(H2,26,27)/t19-,20+/m0/s1. The molecular weight excluding hydrogens is 503 g/mol. The molecule has 0 radical (unpaired) electrons. The number of benzene rings is 1. The third kappa shape index (κ3) is 5.12. The van der Waals surface area contributed by atoms with Crippen LogP contribution in [0.4, 0.5) is 21.7 Å². The molecule has 4 rings (SSSR count). The van der Waals surface area contributed by atoms with Crippen molar-refractivity contribution in [2.24, 2.45) is 0 Å². The fraction of sp³-hybridized carbons (Fsp3) is 0.333. The fourth-order valence-corrected chi connectivity index (χ4v) is 5.22. The molecule has 11 nitrogen and oxygen atoms in total. The summed E-state index contributed by atoms with van der Waals surface area (Å²) in [6, 6.07) is 5.42. The third-order valence-corrected chi connectivity index (χ3v) is 7.22. The Morgan fingerprint density at radius 2 is 2.03 bits per heavy atom. The van der Waals surface area contributed by atoms with E-state index in [4.69, 9.17) is 10.5 Å². The first-order valence-corrected chi connectivity index (χ1v) is 12.5. The number of thiol groups is 1. The SMILES string of the molecule is COC(=O)[C@@H](Cc1cc2ccnc(N)c2cc1F)N1CC[C@H](N(c2ccc(N(C)C)nc2)[SH](=O)=O)C1=O. The van der Waals surface area contributed by atoms with E-state index in [1.165, 1.54) is 30.5 Å². The average molecular weight is 531 g/mol. The molecule has 0 aliphatic carbocycles. The van der Waals surface area contributed by atoms with Crippen LogP contribution in [0.15, 0.2) is 42.7 Å². The summed E-state index contributed by atoms with van der Waals surface area (Å²) < 4.78 is 45.3. The number of hydrogen-bond acceptors (Lipinski definition) is 9. The Labute approximate surface area is 214 Å². The number of halogens is 1. The summed E-state index contributed by atoms with van der Waals surface area (Å²) in [7, 11) is 1.57. The molecule has 2 aromatic heterocycles. The summed E-state index contributed by atoms with van der Waals surface area (Å²) in [5, 5.41) is 1.06. The van der Waals surface area contributed by atoms with Gasteiger partial charge in [-0.15, -0.1) is 0 Å². The van der Waals surface area contributed by atoms with Gasteiger partial charge in [0.2, 0.25) is 16.8 Å². The zero-order chi connectivity index (χ0) is 26.9. The van der Waals surface area contributed by atoms with Crippen molar-refractivity contribution in [3.63, 3.8) is 0 Å². The Balaban J connectivity index is 1.63. The van der Waals surface area contributed by atoms with Crippen LogP contribution in [-0.2, 0) is 31.6 Å². The van der Waals surface area contributed by atoms with Gasteiger partial charge in [0.1, 0.15) is 29.5 Å². The van der Waals surface area contributed by atoms with E-state index >= 15 is 0 Å². The van der Waals surface area contributed by atoms with Crippen LogP contribution in [0.25, 0.3) is 10.8 Å². The van der Waals surface area contributed by atoms with Crippen molar-refractivity contribution in [3.8, 4) is 0 Å². The molecule has 1 fully saturated rings. The van der Waals surface area contributed by atoms with Gasteiger partial charge in [-0.2, -0.15) is 0 Å². The first-order valence-electron chi connectivity index (χ1n) is 11.4. The number of ether oxygens (including phenoxy) is 1. The van der Waals surface area contributed by atoms with Crippen molar-refractivity contribution in [1.29, 1.82) is 0 Å². The second-order valence-corrected chi connectivity index (χ2v) is 9.70. The lowest BCUT2D eigenvalue weighted by molar-refractivity contribution is -0.151. The molecular formula is C24H27FN6O5S. The van der Waals surface area contributed by atoms with E-state index in [-0.39, 0.29) is 36.5 Å². The Kier molecular flexibility index (Phi) is 7.43. The number of nitrogen functional groups attached to an aromatic ring is 1. The summed E-state index contributed by atoms with van der Waals surface area (Å²) in [6.07, 6.45) is 2.83. The van der Waals surface area contributed by atoms with Crippen molar-refractivity contribution in [1.82, 2.24) is 14.9 Å². The summed E-state index contributed by atoms with van der Waals surface area (Å²) in [6.45, 7) is 0.0816. The van der Waals surface area contributed by atoms with Gasteiger partial charge < -0.3 is 20.3 Å². The molecule has 13 heteroatoms. The van der Waals surface area contributed by atoms with Crippen LogP contribution in [0.2, 0.25) is 0 Å². The second-order valence-electron chi connectivity index (χ2n) is 8.79. The normalized spacial score (nSPS) is 16.3. The van der Waals surface area contributed by atoms with E-state index in [1.807, 2.05) is 0 Å². The lowest BCUT2D eigenvalue weighted by Gasteiger charge is -2.28. The number of nitrogens with zero attached hydrogens (tertiary/aromatic N) is 5. The average Bonchev–Trinajstić information content (AvgIpc) is 3.23. The van der Waals surface area contributed by atoms with Crippen LogP contribution in [0.5, 0.6) is 0 Å². The molecule has 2 atom stereocenters. The molecule has 2 N–H and O–H groups in total. The van der Waals surface area contributed by atoms with Gasteiger partial charge in [0.05, 0.1) is 19.0 Å². The Bertz CT molecular complexity index is 1410. The van der Waals surface area contributed by atoms with Crippen molar-refractivity contribution < 1.29 is 27.1 Å². The van der Waals surface area contributed by atoms with Crippen molar-refractivity contribution in [3.05, 3.63) is 54.1 Å². The van der Waals surface area contributed by atoms with E-state index in [0.29, 0.717) is 16.6 Å². The van der Waals surface area contributed by atoms with Gasteiger partial charge in [0.25, 0.3) is 0 Å². The van der Waals surface area contributed by atoms with Gasteiger partial charge in [-0.05, 0) is 47.7 Å². The predicted molar refractivity (Wildman–Crippen MR) is 137 cm³/mol. The van der Waals surface area contributed by atoms with Gasteiger partial charge in [0, 0.05) is 38.6 Å². The van der Waals surface area contributed by atoms with Crippen molar-refractivity contribution >= 4 is 50.9 Å². The topological polar surface area (TPSA) is 139 Å². The van der Waals surface area contributed by atoms with E-state index in [9.17, 15) is 22.4 Å². The van der Waals surface area contributed by atoms with Crippen LogP contribution in [0, 0.1) is 5.82 Å². The number of carbonyl (C=O) groups excluding carboxylic acids is 2. The summed E-state index contributed by atoms with van der Waals surface area (Å²) in [5.41, 5.74) is 6.24. The first-order chi connectivity index (χ1) is 17.6. The number of esters is 1. The molecule has 3 aromatic rings. The summed E-state index contributed by atoms with van der Waals surface area (Å²) in [5.74, 6) is -1.14. The largest absolute Gasteiger partial charge is 0.467 e. The van der Waals surface area contributed by atoms with Crippen LogP contribution in [-0.4, -0.2) is 75.0 Å². The quantitative estimate of drug-likeness (QED) is 0.324. The number of fused-ring (bicyclic) bond motifs is 1. The molecule has 0 saturated carbocycles. The van der Waals surface area contributed by atoms with Crippen LogP contribution < -0.4 is 14.9 Å². The molecule has 37 heavy (non-hydrogen) atoms. The van der Waals surface area contributed by atoms with E-state index < -0.39 is 40.7 Å². The monoisotopic (exact) mass is 530 g/mol. The lowest BCUT2D eigenvalue weighted by atomic mass is 10.0. The zero-order valence-corrected chi connectivity index (χ0v) is 21.4. The highest BCUT2D eigenvalue weighted by Gasteiger charge is 2.43. The van der Waals surface area contributed by atoms with Crippen LogP contribution in [0.1, 0.15) is 12.0 Å². The predicted octanol–water partition coefficient (Wildman–Crippen LogP) is 1.14. The molecule has 0 bridgehead atoms. The molecule has 0 unspecified atom stereocenters. The minimum absolute atomic E-state index is 0.0816. The van der Waals surface area contributed by atoms with Crippen molar-refractivity contribution in [2.75, 3.05) is 42.7 Å². The number of carbonyl (C=O) groups is 2. The molecule has 1 amide bonds. The molecule has 1 saturated heterocycles. The number of aromatic nitrogens is 2. The maximum Gasteiger partial charge on any atom is 0.328 e. The Morgan fingerprint density at radius 1 is 1.27 bits per heavy atom. The zero-order valence-electron chi connectivity index (χ0n) is 20.5. The first kappa shape index (κ1) is 26.1.